The quantitative estimate of drug-likeness (QED) is 0.0106. The second-order valence-electron chi connectivity index (χ2n) is 33.6. The van der Waals surface area contributed by atoms with E-state index in [0.29, 0.717) is 141 Å². The molecule has 6 aromatic carbocycles. The fourth-order valence-electron chi connectivity index (χ4n) is 10.5. The van der Waals surface area contributed by atoms with Gasteiger partial charge in [-0.1, -0.05) is 36.4 Å². The van der Waals surface area contributed by atoms with E-state index < -0.39 is 70.2 Å². The number of ether oxygens (including phenoxy) is 10. The van der Waals surface area contributed by atoms with Gasteiger partial charge in [0.05, 0.1) is 32.1 Å². The lowest BCUT2D eigenvalue weighted by Crippen LogP contribution is -2.52. The van der Waals surface area contributed by atoms with Crippen LogP contribution < -0.4 is 34.5 Å². The highest BCUT2D eigenvalue weighted by atomic mass is 16.6. The number of carbonyl (C=O) groups is 6. The van der Waals surface area contributed by atoms with Gasteiger partial charge in [-0.2, -0.15) is 0 Å². The average Bonchev–Trinajstić information content (AvgIpc) is 0.816. The molecule has 0 aliphatic carbocycles. The summed E-state index contributed by atoms with van der Waals surface area (Å²) < 4.78 is 57.6. The molecule has 118 heavy (non-hydrogen) atoms. The van der Waals surface area contributed by atoms with Gasteiger partial charge in [-0.15, -0.1) is 4.99 Å². The van der Waals surface area contributed by atoms with Crippen LogP contribution in [0.2, 0.25) is 0 Å². The number of amidine groups is 2. The number of guanidine groups is 2. The van der Waals surface area contributed by atoms with Gasteiger partial charge < -0.3 is 63.1 Å². The molecule has 0 aromatic heterocycles. The molecule has 0 saturated heterocycles. The van der Waals surface area contributed by atoms with Crippen LogP contribution in [0.3, 0.4) is 0 Å². The molecule has 0 radical (unpaired) electrons. The molecule has 28 heteroatoms. The first-order valence-electron chi connectivity index (χ1n) is 39.7. The smallest absolute Gasteiger partial charge is 0.437 e. The molecule has 640 valence electrons. The normalized spacial score (nSPS) is 11.9. The molecule has 6 N–H and O–H groups in total. The summed E-state index contributed by atoms with van der Waals surface area (Å²) in [4.78, 5) is 95.0. The second-order valence-corrected chi connectivity index (χ2v) is 33.6. The third kappa shape index (κ3) is 38.3. The van der Waals surface area contributed by atoms with E-state index in [1.165, 1.54) is 14.7 Å². The predicted octanol–water partition coefficient (Wildman–Crippen LogP) is 20.1. The number of unbranched alkanes of at least 4 members (excludes halogenated alkanes) is 4. The number of carbonyl (C=O) groups excluding carboxylic acids is 6. The van der Waals surface area contributed by atoms with Crippen LogP contribution >= 0.6 is 0 Å². The lowest BCUT2D eigenvalue weighted by Gasteiger charge is -2.34. The number of benzene rings is 6. The van der Waals surface area contributed by atoms with Crippen molar-refractivity contribution in [1.29, 1.82) is 21.6 Å². The summed E-state index contributed by atoms with van der Waals surface area (Å²) in [6, 6.07) is 46.7. The summed E-state index contributed by atoms with van der Waals surface area (Å²) in [5.41, 5.74) is 0.0560. The summed E-state index contributed by atoms with van der Waals surface area (Å²) >= 11 is 0. The SMILES string of the molecule is CC(=N)c1ccc(OCCCCN(C(=O)OC(C)(C)C)C(=NC(=O)OC(C)(C)C)N(CCCCOc2ccc(C(=N)NC(=O)OC(C)(C)C)cc2)c2ccccc2)cc1.CC(=N)c1ccc(OCCCCN(C(=O)OC(C)(C)C)C(=Nc2ccccc2)N(CCCCOc2ccc(C(=N)NC(=O)OC(C)(C)C)cc2)C(=O)OC(C)(C)C)cc1. The number of alkyl carbamates (subject to hydrolysis) is 2. The third-order valence-corrected chi connectivity index (χ3v) is 15.7. The Balaban J connectivity index is 0.000000420. The van der Waals surface area contributed by atoms with Crippen LogP contribution in [0.1, 0.15) is 212 Å². The fraction of sp³-hybridized carbons (Fsp3) is 0.467. The zero-order valence-electron chi connectivity index (χ0n) is 72.5. The number of hydrogen-bond donors (Lipinski definition) is 6. The van der Waals surface area contributed by atoms with Crippen LogP contribution in [-0.4, -0.2) is 172 Å². The maximum atomic E-state index is 14.0. The van der Waals surface area contributed by atoms with E-state index in [-0.39, 0.29) is 43.2 Å². The van der Waals surface area contributed by atoms with E-state index in [9.17, 15) is 28.8 Å². The first kappa shape index (κ1) is 96.7. The maximum absolute atomic E-state index is 14.0. The standard InChI is InChI=1S/2C45H62N6O8/c1-32(46)33-20-24-36(25-21-33)55-31-17-15-29-51(42(54)59-45(8,9)10)39(49-41(53)58-44(5,6)7)50(35-18-12-11-13-19-35)28-14-16-30-56-37-26-22-34(23-27-37)38(47)48-40(52)57-43(2,3)4;1-32(46)33-20-24-36(25-21-33)55-30-16-14-28-50(41(53)58-44(5,6)7)39(48-35-18-12-11-13-19-35)51(42(54)59-45(8,9)10)29-15-17-31-56-37-26-22-34(23-27-37)38(47)49-40(52)57-43(2,3)4/h11-13,18-27,46H,14-17,28-31H2,1-10H3,(H2,47,48,52);11-13,18-27,46H,14-17,28-31H2,1-10H3,(H2,47,49,52). The minimum atomic E-state index is -0.852. The first-order chi connectivity index (χ1) is 55.2. The largest absolute Gasteiger partial charge is 0.494 e. The van der Waals surface area contributed by atoms with Crippen molar-refractivity contribution in [3.8, 4) is 23.0 Å². The topological polar surface area (TPSA) is 352 Å². The molecule has 0 spiro atoms. The van der Waals surface area contributed by atoms with E-state index >= 15 is 0 Å². The Morgan fingerprint density at radius 1 is 0.331 bits per heavy atom. The average molecular weight is 1630 g/mol. The third-order valence-electron chi connectivity index (χ3n) is 15.7. The van der Waals surface area contributed by atoms with Gasteiger partial charge in [0, 0.05) is 54.4 Å². The lowest BCUT2D eigenvalue weighted by molar-refractivity contribution is 0.0268. The molecule has 28 nitrogen and oxygen atoms in total. The summed E-state index contributed by atoms with van der Waals surface area (Å²) in [6.07, 6.45) is 0.0463. The van der Waals surface area contributed by atoms with Gasteiger partial charge in [0.2, 0.25) is 11.9 Å². The molecular weight excluding hydrogens is 1510 g/mol. The number of rotatable bonds is 30. The molecule has 0 fully saturated rings. The van der Waals surface area contributed by atoms with Crippen molar-refractivity contribution in [1.82, 2.24) is 25.3 Å². The Bertz CT molecular complexity index is 4310. The molecule has 0 bridgehead atoms. The number of nitrogens with one attached hydrogen (secondary N) is 6. The molecule has 0 aliphatic rings. The van der Waals surface area contributed by atoms with Crippen molar-refractivity contribution in [2.24, 2.45) is 9.98 Å². The second kappa shape index (κ2) is 45.6. The van der Waals surface area contributed by atoms with E-state index in [1.54, 1.807) is 199 Å². The molecule has 0 saturated carbocycles. The minimum absolute atomic E-state index is 0.0668. The van der Waals surface area contributed by atoms with Crippen LogP contribution in [0.4, 0.5) is 40.1 Å². The summed E-state index contributed by atoms with van der Waals surface area (Å²) in [6.45, 7) is 37.4. The van der Waals surface area contributed by atoms with E-state index in [2.05, 4.69) is 15.6 Å². The molecule has 0 aliphatic heterocycles. The summed E-state index contributed by atoms with van der Waals surface area (Å²) in [5, 5.41) is 37.0. The molecule has 0 unspecified atom stereocenters. The van der Waals surface area contributed by atoms with Gasteiger partial charge in [0.1, 0.15) is 68.3 Å². The molecule has 6 rings (SSSR count). The minimum Gasteiger partial charge on any atom is -0.494 e. The van der Waals surface area contributed by atoms with Crippen molar-refractivity contribution < 1.29 is 76.1 Å². The van der Waals surface area contributed by atoms with Gasteiger partial charge in [0.25, 0.3) is 0 Å². The van der Waals surface area contributed by atoms with Crippen LogP contribution in [0.25, 0.3) is 0 Å². The van der Waals surface area contributed by atoms with Crippen LogP contribution in [0.5, 0.6) is 23.0 Å². The number of anilines is 1. The monoisotopic (exact) mass is 1630 g/mol. The van der Waals surface area contributed by atoms with Crippen molar-refractivity contribution in [3.63, 3.8) is 0 Å². The summed E-state index contributed by atoms with van der Waals surface area (Å²) in [5.74, 6) is 2.44. The van der Waals surface area contributed by atoms with Crippen LogP contribution in [-0.2, 0) is 28.4 Å². The van der Waals surface area contributed by atoms with Gasteiger partial charge in [-0.25, -0.2) is 48.5 Å². The lowest BCUT2D eigenvalue weighted by atomic mass is 10.1. The van der Waals surface area contributed by atoms with E-state index in [1.807, 2.05) is 102 Å². The summed E-state index contributed by atoms with van der Waals surface area (Å²) in [7, 11) is 0. The maximum Gasteiger partial charge on any atom is 0.437 e. The highest BCUT2D eigenvalue weighted by Gasteiger charge is 2.36. The number of hydrogen-bond acceptors (Lipinski definition) is 21. The molecule has 6 aromatic rings. The van der Waals surface area contributed by atoms with Gasteiger partial charge in [-0.05, 0) is 322 Å². The predicted molar refractivity (Wildman–Crippen MR) is 462 cm³/mol. The Kier molecular flexibility index (Phi) is 37.4. The zero-order chi connectivity index (χ0) is 87.6. The highest BCUT2D eigenvalue weighted by Crippen LogP contribution is 2.26. The van der Waals surface area contributed by atoms with Crippen molar-refractivity contribution in [2.75, 3.05) is 57.5 Å². The van der Waals surface area contributed by atoms with Gasteiger partial charge in [-0.3, -0.25) is 21.5 Å². The Labute approximate surface area is 696 Å². The highest BCUT2D eigenvalue weighted by molar-refractivity contribution is 6.08. The molecule has 6 amide bonds. The van der Waals surface area contributed by atoms with E-state index in [4.69, 9.17) is 74.0 Å². The Morgan fingerprint density at radius 2 is 0.610 bits per heavy atom. The van der Waals surface area contributed by atoms with Crippen molar-refractivity contribution >= 4 is 82.9 Å². The fourth-order valence-corrected chi connectivity index (χ4v) is 10.5. The Morgan fingerprint density at radius 3 is 0.907 bits per heavy atom. The van der Waals surface area contributed by atoms with Gasteiger partial charge in [0.15, 0.2) is 0 Å². The Hall–Kier alpha value is -11.8. The van der Waals surface area contributed by atoms with Crippen molar-refractivity contribution in [3.05, 3.63) is 180 Å². The van der Waals surface area contributed by atoms with Crippen LogP contribution in [0.15, 0.2) is 168 Å². The molecule has 0 heterocycles. The van der Waals surface area contributed by atoms with Crippen molar-refractivity contribution in [2.45, 2.75) is 223 Å². The molecule has 0 atom stereocenters. The number of aliphatic imine (C=N–C) groups is 2. The first-order valence-corrected chi connectivity index (χ1v) is 39.7. The number of para-hydroxylation sites is 2. The van der Waals surface area contributed by atoms with Crippen LogP contribution in [0, 0.1) is 21.6 Å². The van der Waals surface area contributed by atoms with E-state index in [0.717, 1.165) is 11.1 Å². The number of nitrogens with zero attached hydrogens (tertiary/aromatic N) is 6. The van der Waals surface area contributed by atoms with Gasteiger partial charge >= 0.3 is 36.6 Å². The number of amides is 6. The molecular formula is C90H124N12O16. The zero-order valence-corrected chi connectivity index (χ0v) is 72.5.